The first-order chi connectivity index (χ1) is 12.5. The van der Waals surface area contributed by atoms with Gasteiger partial charge in [0.1, 0.15) is 0 Å². The Labute approximate surface area is 160 Å². The van der Waals surface area contributed by atoms with Crippen LogP contribution in [0.1, 0.15) is 46.1 Å². The number of benzene rings is 1. The number of allylic oxidation sites excluding steroid dienone is 4. The van der Waals surface area contributed by atoms with Crippen LogP contribution in [0.4, 0.5) is 0 Å². The maximum absolute atomic E-state index is 12.9. The number of hydrogen-bond donors (Lipinski definition) is 0. The van der Waals surface area contributed by atoms with Gasteiger partial charge in [0.2, 0.25) is 0 Å². The fraction of sp³-hybridized carbons (Fsp3) is 0.409. The molecule has 3 rings (SSSR count). The summed E-state index contributed by atoms with van der Waals surface area (Å²) in [5.41, 5.74) is 3.97. The van der Waals surface area contributed by atoms with Gasteiger partial charge in [0.25, 0.3) is 0 Å². The molecule has 4 heteroatoms. The smallest absolute Gasteiger partial charge is 0.337 e. The minimum atomic E-state index is -0.279. The van der Waals surface area contributed by atoms with Gasteiger partial charge in [-0.05, 0) is 63.3 Å². The molecular formula is C22H26O3S. The molecule has 0 N–H and O–H groups in total. The predicted molar refractivity (Wildman–Crippen MR) is 107 cm³/mol. The molecule has 3 nitrogen and oxygen atoms in total. The zero-order valence-corrected chi connectivity index (χ0v) is 16.7. The van der Waals surface area contributed by atoms with E-state index in [4.69, 9.17) is 9.47 Å². The fourth-order valence-corrected chi connectivity index (χ4v) is 4.30. The first kappa shape index (κ1) is 19.0. The quantitative estimate of drug-likeness (QED) is 0.504. The Balaban J connectivity index is 2.17. The highest BCUT2D eigenvalue weighted by Gasteiger charge is 2.29. The third kappa shape index (κ3) is 4.13. The number of carbonyl (C=O) groups is 1. The van der Waals surface area contributed by atoms with Crippen molar-refractivity contribution >= 4 is 23.3 Å². The highest BCUT2D eigenvalue weighted by molar-refractivity contribution is 8.03. The molecule has 1 aliphatic heterocycles. The second kappa shape index (κ2) is 8.28. The van der Waals surface area contributed by atoms with E-state index in [1.807, 2.05) is 39.8 Å². The van der Waals surface area contributed by atoms with Crippen LogP contribution in [-0.4, -0.2) is 24.8 Å². The van der Waals surface area contributed by atoms with E-state index in [2.05, 4.69) is 24.3 Å². The summed E-state index contributed by atoms with van der Waals surface area (Å²) in [6, 6.07) is 8.27. The van der Waals surface area contributed by atoms with Gasteiger partial charge in [0.05, 0.1) is 24.4 Å². The van der Waals surface area contributed by atoms with Gasteiger partial charge >= 0.3 is 5.97 Å². The van der Waals surface area contributed by atoms with E-state index in [0.29, 0.717) is 5.57 Å². The maximum atomic E-state index is 12.9. The average Bonchev–Trinajstić information content (AvgIpc) is 2.60. The average molecular weight is 371 g/mol. The molecule has 0 unspecified atom stereocenters. The van der Waals surface area contributed by atoms with E-state index in [9.17, 15) is 4.79 Å². The standard InChI is InChI=1S/C22H26O3S/c1-14(2)24-13-18(22(23)25-15(3)4)21-16-9-5-7-11-19(16)26-20-12-8-6-10-17(20)21/h5,7-9,11-12,14-15H,6,10,13H2,1-4H3/b21-18+. The number of hydrogen-bond acceptors (Lipinski definition) is 4. The van der Waals surface area contributed by atoms with Crippen molar-refractivity contribution in [3.05, 3.63) is 58.0 Å². The van der Waals surface area contributed by atoms with Crippen LogP contribution in [0.5, 0.6) is 0 Å². The van der Waals surface area contributed by atoms with Crippen LogP contribution in [0.15, 0.2) is 57.4 Å². The van der Waals surface area contributed by atoms with Gasteiger partial charge in [-0.1, -0.05) is 42.1 Å². The molecule has 1 aromatic carbocycles. The van der Waals surface area contributed by atoms with Crippen LogP contribution >= 0.6 is 11.8 Å². The Morgan fingerprint density at radius 3 is 2.65 bits per heavy atom. The summed E-state index contributed by atoms with van der Waals surface area (Å²) in [6.45, 7) is 7.98. The molecule has 26 heavy (non-hydrogen) atoms. The molecule has 0 spiro atoms. The van der Waals surface area contributed by atoms with Gasteiger partial charge in [-0.3, -0.25) is 0 Å². The van der Waals surface area contributed by atoms with Crippen molar-refractivity contribution in [3.8, 4) is 0 Å². The second-order valence-electron chi connectivity index (χ2n) is 7.05. The van der Waals surface area contributed by atoms with Crippen LogP contribution in [0.3, 0.4) is 0 Å². The zero-order chi connectivity index (χ0) is 18.7. The number of fused-ring (bicyclic) bond motifs is 1. The van der Waals surface area contributed by atoms with Crippen molar-refractivity contribution < 1.29 is 14.3 Å². The highest BCUT2D eigenvalue weighted by Crippen LogP contribution is 2.49. The molecule has 0 radical (unpaired) electrons. The maximum Gasteiger partial charge on any atom is 0.337 e. The van der Waals surface area contributed by atoms with Crippen LogP contribution in [-0.2, 0) is 14.3 Å². The van der Waals surface area contributed by atoms with E-state index < -0.39 is 0 Å². The summed E-state index contributed by atoms with van der Waals surface area (Å²) < 4.78 is 11.4. The summed E-state index contributed by atoms with van der Waals surface area (Å²) in [5.74, 6) is -0.279. The van der Waals surface area contributed by atoms with Crippen LogP contribution in [0.2, 0.25) is 0 Å². The second-order valence-corrected chi connectivity index (χ2v) is 8.13. The minimum Gasteiger partial charge on any atom is -0.460 e. The van der Waals surface area contributed by atoms with Gasteiger partial charge in [0.15, 0.2) is 0 Å². The number of esters is 1. The first-order valence-corrected chi connectivity index (χ1v) is 10.0. The van der Waals surface area contributed by atoms with Crippen molar-refractivity contribution in [2.75, 3.05) is 6.61 Å². The molecule has 0 saturated heterocycles. The van der Waals surface area contributed by atoms with E-state index in [1.54, 1.807) is 11.8 Å². The molecule has 2 aliphatic rings. The Kier molecular flexibility index (Phi) is 6.05. The summed E-state index contributed by atoms with van der Waals surface area (Å²) in [5, 5.41) is 0. The largest absolute Gasteiger partial charge is 0.460 e. The molecule has 0 aromatic heterocycles. The molecule has 1 heterocycles. The SMILES string of the molecule is CC(C)OC/C(C(=O)OC(C)C)=C1\C2=C(C=CCC2)Sc2ccccc21. The van der Waals surface area contributed by atoms with Crippen LogP contribution in [0, 0.1) is 0 Å². The molecule has 0 fully saturated rings. The minimum absolute atomic E-state index is 0.0466. The summed E-state index contributed by atoms with van der Waals surface area (Å²) in [4.78, 5) is 15.3. The Morgan fingerprint density at radius 1 is 1.15 bits per heavy atom. The molecule has 138 valence electrons. The lowest BCUT2D eigenvalue weighted by Crippen LogP contribution is -2.21. The van der Waals surface area contributed by atoms with E-state index in [0.717, 1.165) is 24.0 Å². The van der Waals surface area contributed by atoms with Gasteiger partial charge in [-0.15, -0.1) is 0 Å². The van der Waals surface area contributed by atoms with Crippen molar-refractivity contribution in [2.45, 2.75) is 57.6 Å². The van der Waals surface area contributed by atoms with E-state index in [1.165, 1.54) is 15.4 Å². The molecule has 0 bridgehead atoms. The van der Waals surface area contributed by atoms with Crippen LogP contribution < -0.4 is 0 Å². The third-order valence-corrected chi connectivity index (χ3v) is 5.44. The molecule has 1 aromatic rings. The molecule has 0 amide bonds. The highest BCUT2D eigenvalue weighted by atomic mass is 32.2. The Morgan fingerprint density at radius 2 is 1.92 bits per heavy atom. The normalized spacial score (nSPS) is 18.1. The van der Waals surface area contributed by atoms with Crippen molar-refractivity contribution in [2.24, 2.45) is 0 Å². The Bertz CT molecular complexity index is 784. The van der Waals surface area contributed by atoms with Gasteiger partial charge in [-0.2, -0.15) is 0 Å². The number of carbonyl (C=O) groups excluding carboxylic acids is 1. The van der Waals surface area contributed by atoms with Gasteiger partial charge in [0, 0.05) is 9.80 Å². The van der Waals surface area contributed by atoms with Gasteiger partial charge < -0.3 is 9.47 Å². The summed E-state index contributed by atoms with van der Waals surface area (Å²) >= 11 is 1.78. The Hall–Kier alpha value is -1.78. The number of ether oxygens (including phenoxy) is 2. The van der Waals surface area contributed by atoms with Crippen LogP contribution in [0.25, 0.3) is 5.57 Å². The summed E-state index contributed by atoms with van der Waals surface area (Å²) in [7, 11) is 0. The number of rotatable bonds is 5. The lowest BCUT2D eigenvalue weighted by molar-refractivity contribution is -0.143. The predicted octanol–water partition coefficient (Wildman–Crippen LogP) is 5.53. The van der Waals surface area contributed by atoms with E-state index in [-0.39, 0.29) is 24.8 Å². The van der Waals surface area contributed by atoms with Crippen molar-refractivity contribution in [3.63, 3.8) is 0 Å². The number of thioether (sulfide) groups is 1. The van der Waals surface area contributed by atoms with Crippen molar-refractivity contribution in [1.82, 2.24) is 0 Å². The topological polar surface area (TPSA) is 35.5 Å². The first-order valence-electron chi connectivity index (χ1n) is 9.20. The molecule has 1 aliphatic carbocycles. The monoisotopic (exact) mass is 370 g/mol. The summed E-state index contributed by atoms with van der Waals surface area (Å²) in [6.07, 6.45) is 6.18. The molecular weight excluding hydrogens is 344 g/mol. The third-order valence-electron chi connectivity index (χ3n) is 4.26. The van der Waals surface area contributed by atoms with E-state index >= 15 is 0 Å². The van der Waals surface area contributed by atoms with Gasteiger partial charge in [-0.25, -0.2) is 4.79 Å². The lowest BCUT2D eigenvalue weighted by Gasteiger charge is -2.28. The fourth-order valence-electron chi connectivity index (χ4n) is 3.14. The molecule has 0 atom stereocenters. The molecule has 0 saturated carbocycles. The lowest BCUT2D eigenvalue weighted by atomic mass is 9.87. The van der Waals surface area contributed by atoms with Crippen molar-refractivity contribution in [1.29, 1.82) is 0 Å². The zero-order valence-electron chi connectivity index (χ0n) is 15.9.